The Kier molecular flexibility index (Phi) is 5.26. The van der Waals surface area contributed by atoms with Gasteiger partial charge in [0.15, 0.2) is 0 Å². The lowest BCUT2D eigenvalue weighted by Gasteiger charge is -2.26. The Hall–Kier alpha value is -1.20. The molecule has 1 fully saturated rings. The molecule has 106 valence electrons. The number of rotatable bonds is 3. The van der Waals surface area contributed by atoms with Crippen molar-refractivity contribution in [2.75, 3.05) is 11.9 Å². The van der Waals surface area contributed by atoms with Gasteiger partial charge in [0.25, 0.3) is 0 Å². The fourth-order valence-corrected chi connectivity index (χ4v) is 2.30. The first kappa shape index (κ1) is 15.9. The van der Waals surface area contributed by atoms with Crippen LogP contribution in [0.2, 0.25) is 0 Å². The Morgan fingerprint density at radius 3 is 2.74 bits per heavy atom. The summed E-state index contributed by atoms with van der Waals surface area (Å²) < 4.78 is 26.2. The number of carbonyl (C=O) groups excluding carboxylic acids is 1. The van der Waals surface area contributed by atoms with E-state index in [2.05, 4.69) is 10.6 Å². The first-order valence-electron chi connectivity index (χ1n) is 6.09. The van der Waals surface area contributed by atoms with Crippen LogP contribution < -0.4 is 10.6 Å². The predicted octanol–water partition coefficient (Wildman–Crippen LogP) is 2.86. The van der Waals surface area contributed by atoms with Crippen molar-refractivity contribution in [3.8, 4) is 0 Å². The molecule has 3 nitrogen and oxygen atoms in total. The predicted molar refractivity (Wildman–Crippen MR) is 72.5 cm³/mol. The number of carbonyl (C=O) groups is 1. The molecule has 1 aliphatic heterocycles. The molecule has 2 N–H and O–H groups in total. The maximum Gasteiger partial charge on any atom is 0.244 e. The molecular formula is C13H17ClF2N2O. The van der Waals surface area contributed by atoms with Gasteiger partial charge >= 0.3 is 0 Å². The zero-order chi connectivity index (χ0) is 13.2. The van der Waals surface area contributed by atoms with E-state index in [1.165, 1.54) is 6.07 Å². The Bertz CT molecular complexity index is 462. The molecule has 19 heavy (non-hydrogen) atoms. The second-order valence-corrected chi connectivity index (χ2v) is 4.54. The molecule has 1 saturated heterocycles. The standard InChI is InChI=1S/C13H16F2N2O.ClH/c1-2-13(6-3-7-16-13)12(18)17-11-5-4-9(14)8-10(11)15;/h4-5,8,16H,2-3,6-7H2,1H3,(H,17,18);1H. The summed E-state index contributed by atoms with van der Waals surface area (Å²) in [6.45, 7) is 2.70. The fourth-order valence-electron chi connectivity index (χ4n) is 2.30. The van der Waals surface area contributed by atoms with Gasteiger partial charge in [-0.2, -0.15) is 0 Å². The molecule has 1 aromatic carbocycles. The van der Waals surface area contributed by atoms with Gasteiger partial charge < -0.3 is 10.6 Å². The minimum absolute atomic E-state index is 0. The molecular weight excluding hydrogens is 274 g/mol. The summed E-state index contributed by atoms with van der Waals surface area (Å²) >= 11 is 0. The van der Waals surface area contributed by atoms with Crippen LogP contribution >= 0.6 is 12.4 Å². The summed E-state index contributed by atoms with van der Waals surface area (Å²) in [5, 5.41) is 5.69. The molecule has 0 spiro atoms. The monoisotopic (exact) mass is 290 g/mol. The summed E-state index contributed by atoms with van der Waals surface area (Å²) in [5.74, 6) is -1.67. The van der Waals surface area contributed by atoms with E-state index in [0.717, 1.165) is 31.5 Å². The van der Waals surface area contributed by atoms with Crippen molar-refractivity contribution >= 4 is 24.0 Å². The SMILES string of the molecule is CCC1(C(=O)Nc2ccc(F)cc2F)CCCN1.Cl. The number of nitrogens with one attached hydrogen (secondary N) is 2. The van der Waals surface area contributed by atoms with Crippen LogP contribution in [0.15, 0.2) is 18.2 Å². The second kappa shape index (κ2) is 6.30. The van der Waals surface area contributed by atoms with Gasteiger partial charge in [0, 0.05) is 6.07 Å². The Morgan fingerprint density at radius 2 is 2.21 bits per heavy atom. The lowest BCUT2D eigenvalue weighted by Crippen LogP contribution is -2.50. The van der Waals surface area contributed by atoms with Crippen LogP contribution in [0.3, 0.4) is 0 Å². The van der Waals surface area contributed by atoms with Crippen LogP contribution in [-0.2, 0) is 4.79 Å². The van der Waals surface area contributed by atoms with Crippen LogP contribution in [-0.4, -0.2) is 18.0 Å². The number of halogens is 3. The molecule has 1 heterocycles. The van der Waals surface area contributed by atoms with E-state index < -0.39 is 17.2 Å². The van der Waals surface area contributed by atoms with Crippen molar-refractivity contribution in [1.29, 1.82) is 0 Å². The van der Waals surface area contributed by atoms with Crippen molar-refractivity contribution in [1.82, 2.24) is 5.32 Å². The smallest absolute Gasteiger partial charge is 0.244 e. The zero-order valence-electron chi connectivity index (χ0n) is 10.6. The highest BCUT2D eigenvalue weighted by molar-refractivity contribution is 5.98. The van der Waals surface area contributed by atoms with Crippen molar-refractivity contribution in [3.05, 3.63) is 29.8 Å². The molecule has 1 atom stereocenters. The highest BCUT2D eigenvalue weighted by Crippen LogP contribution is 2.25. The van der Waals surface area contributed by atoms with E-state index >= 15 is 0 Å². The lowest BCUT2D eigenvalue weighted by atomic mass is 9.93. The molecule has 0 saturated carbocycles. The number of amides is 1. The summed E-state index contributed by atoms with van der Waals surface area (Å²) in [4.78, 5) is 12.2. The van der Waals surface area contributed by atoms with Gasteiger partial charge in [-0.05, 0) is 37.9 Å². The summed E-state index contributed by atoms with van der Waals surface area (Å²) in [7, 11) is 0. The topological polar surface area (TPSA) is 41.1 Å². The van der Waals surface area contributed by atoms with E-state index in [1.54, 1.807) is 0 Å². The highest BCUT2D eigenvalue weighted by Gasteiger charge is 2.39. The van der Waals surface area contributed by atoms with Gasteiger partial charge in [-0.15, -0.1) is 12.4 Å². The molecule has 1 aromatic rings. The van der Waals surface area contributed by atoms with Crippen LogP contribution in [0.1, 0.15) is 26.2 Å². The fraction of sp³-hybridized carbons (Fsp3) is 0.462. The number of benzene rings is 1. The Balaban J connectivity index is 0.00000180. The molecule has 1 unspecified atom stereocenters. The third kappa shape index (κ3) is 3.22. The van der Waals surface area contributed by atoms with Gasteiger partial charge in [-0.25, -0.2) is 8.78 Å². The lowest BCUT2D eigenvalue weighted by molar-refractivity contribution is -0.122. The van der Waals surface area contributed by atoms with E-state index in [0.29, 0.717) is 6.42 Å². The summed E-state index contributed by atoms with van der Waals surface area (Å²) in [6.07, 6.45) is 2.30. The Labute approximate surface area is 117 Å². The van der Waals surface area contributed by atoms with Crippen molar-refractivity contribution in [2.45, 2.75) is 31.7 Å². The Morgan fingerprint density at radius 1 is 1.47 bits per heavy atom. The minimum Gasteiger partial charge on any atom is -0.322 e. The zero-order valence-corrected chi connectivity index (χ0v) is 11.4. The van der Waals surface area contributed by atoms with E-state index in [9.17, 15) is 13.6 Å². The molecule has 6 heteroatoms. The van der Waals surface area contributed by atoms with E-state index in [4.69, 9.17) is 0 Å². The molecule has 0 aromatic heterocycles. The minimum atomic E-state index is -0.757. The summed E-state index contributed by atoms with van der Waals surface area (Å²) in [5.41, 5.74) is -0.608. The van der Waals surface area contributed by atoms with Crippen LogP contribution in [0, 0.1) is 11.6 Å². The normalized spacial score (nSPS) is 21.8. The van der Waals surface area contributed by atoms with Gasteiger partial charge in [0.2, 0.25) is 5.91 Å². The highest BCUT2D eigenvalue weighted by atomic mass is 35.5. The third-order valence-corrected chi connectivity index (χ3v) is 3.46. The molecule has 1 amide bonds. The molecule has 0 radical (unpaired) electrons. The van der Waals surface area contributed by atoms with Crippen molar-refractivity contribution in [3.63, 3.8) is 0 Å². The first-order chi connectivity index (χ1) is 8.57. The molecule has 0 aliphatic carbocycles. The number of hydrogen-bond acceptors (Lipinski definition) is 2. The largest absolute Gasteiger partial charge is 0.322 e. The van der Waals surface area contributed by atoms with E-state index in [1.807, 2.05) is 6.92 Å². The van der Waals surface area contributed by atoms with Crippen molar-refractivity contribution in [2.24, 2.45) is 0 Å². The van der Waals surface area contributed by atoms with Gasteiger partial charge in [0.05, 0.1) is 11.2 Å². The number of hydrogen-bond donors (Lipinski definition) is 2. The third-order valence-electron chi connectivity index (χ3n) is 3.46. The van der Waals surface area contributed by atoms with Crippen LogP contribution in [0.25, 0.3) is 0 Å². The van der Waals surface area contributed by atoms with Crippen LogP contribution in [0.5, 0.6) is 0 Å². The van der Waals surface area contributed by atoms with Crippen LogP contribution in [0.4, 0.5) is 14.5 Å². The maximum absolute atomic E-state index is 13.5. The van der Waals surface area contributed by atoms with Crippen molar-refractivity contribution < 1.29 is 13.6 Å². The number of anilines is 1. The van der Waals surface area contributed by atoms with Gasteiger partial charge in [-0.1, -0.05) is 6.92 Å². The first-order valence-corrected chi connectivity index (χ1v) is 6.09. The average Bonchev–Trinajstić information content (AvgIpc) is 2.82. The van der Waals surface area contributed by atoms with Gasteiger partial charge in [0.1, 0.15) is 11.6 Å². The molecule has 0 bridgehead atoms. The average molecular weight is 291 g/mol. The van der Waals surface area contributed by atoms with Gasteiger partial charge in [-0.3, -0.25) is 4.79 Å². The maximum atomic E-state index is 13.5. The molecule has 2 rings (SSSR count). The van der Waals surface area contributed by atoms with E-state index in [-0.39, 0.29) is 24.0 Å². The molecule has 1 aliphatic rings. The quantitative estimate of drug-likeness (QED) is 0.899. The summed E-state index contributed by atoms with van der Waals surface area (Å²) in [6, 6.07) is 3.12. The second-order valence-electron chi connectivity index (χ2n) is 4.54.